The molecule has 1 radical (unpaired) electrons. The zero-order chi connectivity index (χ0) is 7.82. The first-order valence-electron chi connectivity index (χ1n) is 3.58. The summed E-state index contributed by atoms with van der Waals surface area (Å²) in [6, 6.07) is 9.52. The maximum absolute atomic E-state index is 8.54. The summed E-state index contributed by atoms with van der Waals surface area (Å²) < 4.78 is 0. The summed E-state index contributed by atoms with van der Waals surface area (Å²) in [7, 11) is 0. The first-order chi connectivity index (χ1) is 4.93. The molecule has 63 valence electrons. The second-order valence-corrected chi connectivity index (χ2v) is 1.64. The van der Waals surface area contributed by atoms with Crippen LogP contribution in [-0.2, 0) is 6.61 Å². The van der Waals surface area contributed by atoms with Crippen molar-refractivity contribution in [3.8, 4) is 0 Å². The van der Waals surface area contributed by atoms with Gasteiger partial charge in [0.05, 0.1) is 6.61 Å². The van der Waals surface area contributed by atoms with Crippen LogP contribution in [0.5, 0.6) is 0 Å². The Morgan fingerprint density at radius 2 is 1.55 bits per heavy atom. The van der Waals surface area contributed by atoms with E-state index in [2.05, 4.69) is 0 Å². The largest absolute Gasteiger partial charge is 0.392 e. The zero-order valence-corrected chi connectivity index (χ0v) is 6.99. The van der Waals surface area contributed by atoms with Crippen LogP contribution in [0.3, 0.4) is 0 Å². The number of rotatable bonds is 1. The van der Waals surface area contributed by atoms with Gasteiger partial charge in [-0.2, -0.15) is 0 Å². The molecule has 0 saturated carbocycles. The van der Waals surface area contributed by atoms with E-state index in [1.807, 2.05) is 44.2 Å². The van der Waals surface area contributed by atoms with E-state index in [1.165, 1.54) is 0 Å². The van der Waals surface area contributed by atoms with E-state index in [4.69, 9.17) is 5.11 Å². The second kappa shape index (κ2) is 9.14. The minimum absolute atomic E-state index is 0. The maximum atomic E-state index is 8.54. The Morgan fingerprint density at radius 3 is 1.82 bits per heavy atom. The van der Waals surface area contributed by atoms with E-state index in [0.29, 0.717) is 0 Å². The van der Waals surface area contributed by atoms with E-state index in [9.17, 15) is 0 Å². The molecular formula is C9H15O2. The topological polar surface area (TPSA) is 50.2 Å². The highest BCUT2D eigenvalue weighted by Crippen LogP contribution is 1.95. The van der Waals surface area contributed by atoms with Gasteiger partial charge in [0.25, 0.3) is 0 Å². The molecule has 2 heteroatoms. The summed E-state index contributed by atoms with van der Waals surface area (Å²) in [4.78, 5) is 0. The van der Waals surface area contributed by atoms with Gasteiger partial charge in [0.2, 0.25) is 0 Å². The third-order valence-corrected chi connectivity index (χ3v) is 1.03. The van der Waals surface area contributed by atoms with E-state index in [1.54, 1.807) is 0 Å². The van der Waals surface area contributed by atoms with Crippen molar-refractivity contribution in [3.05, 3.63) is 35.9 Å². The van der Waals surface area contributed by atoms with Crippen LogP contribution in [0, 0.1) is 0 Å². The SMILES string of the molecule is CC.OCc1ccccc1.[OH]. The van der Waals surface area contributed by atoms with Crippen LogP contribution >= 0.6 is 0 Å². The average Bonchev–Trinajstić information content (AvgIpc) is 2.10. The van der Waals surface area contributed by atoms with E-state index in [-0.39, 0.29) is 12.1 Å². The van der Waals surface area contributed by atoms with E-state index < -0.39 is 0 Å². The standard InChI is InChI=1S/C7H8O.C2H6.HO/c8-6-7-4-2-1-3-5-7;1-2;/h1-5,8H,6H2;1-2H3;1H. The van der Waals surface area contributed by atoms with Crippen molar-refractivity contribution in [2.75, 3.05) is 0 Å². The number of hydrogen-bond donors (Lipinski definition) is 2. The van der Waals surface area contributed by atoms with Gasteiger partial charge in [-0.1, -0.05) is 44.2 Å². The van der Waals surface area contributed by atoms with Gasteiger partial charge in [0, 0.05) is 0 Å². The molecule has 0 atom stereocenters. The van der Waals surface area contributed by atoms with Crippen LogP contribution in [0.1, 0.15) is 19.4 Å². The molecule has 0 spiro atoms. The molecule has 0 aliphatic carbocycles. The van der Waals surface area contributed by atoms with Gasteiger partial charge in [-0.15, -0.1) is 0 Å². The molecule has 1 aromatic rings. The zero-order valence-electron chi connectivity index (χ0n) is 6.99. The normalized spacial score (nSPS) is 7.18. The van der Waals surface area contributed by atoms with Crippen molar-refractivity contribution < 1.29 is 10.6 Å². The summed E-state index contributed by atoms with van der Waals surface area (Å²) in [5.41, 5.74) is 0.965. The molecule has 1 aromatic carbocycles. The van der Waals surface area contributed by atoms with E-state index in [0.717, 1.165) is 5.56 Å². The van der Waals surface area contributed by atoms with Gasteiger partial charge in [-0.25, -0.2) is 0 Å². The van der Waals surface area contributed by atoms with Crippen LogP contribution in [0.15, 0.2) is 30.3 Å². The summed E-state index contributed by atoms with van der Waals surface area (Å²) in [5.74, 6) is 0. The smallest absolute Gasteiger partial charge is 0.0681 e. The molecule has 0 aromatic heterocycles. The minimum Gasteiger partial charge on any atom is -0.392 e. The molecule has 11 heavy (non-hydrogen) atoms. The molecule has 0 heterocycles. The van der Waals surface area contributed by atoms with Crippen LogP contribution in [0.25, 0.3) is 0 Å². The fourth-order valence-electron chi connectivity index (χ4n) is 0.583. The molecule has 0 saturated heterocycles. The van der Waals surface area contributed by atoms with Crippen molar-refractivity contribution in [3.63, 3.8) is 0 Å². The van der Waals surface area contributed by atoms with Crippen LogP contribution < -0.4 is 0 Å². The Labute approximate surface area is 67.8 Å². The highest BCUT2D eigenvalue weighted by atomic mass is 16.3. The molecule has 0 fully saturated rings. The monoisotopic (exact) mass is 155 g/mol. The van der Waals surface area contributed by atoms with Crippen molar-refractivity contribution in [1.82, 2.24) is 0 Å². The first-order valence-corrected chi connectivity index (χ1v) is 3.58. The lowest BCUT2D eigenvalue weighted by Crippen LogP contribution is -1.77. The lowest BCUT2D eigenvalue weighted by molar-refractivity contribution is 0.282. The Morgan fingerprint density at radius 1 is 1.09 bits per heavy atom. The van der Waals surface area contributed by atoms with Crippen LogP contribution in [0.2, 0.25) is 0 Å². The fraction of sp³-hybridized carbons (Fsp3) is 0.333. The summed E-state index contributed by atoms with van der Waals surface area (Å²) >= 11 is 0. The minimum atomic E-state index is 0. The first kappa shape index (κ1) is 12.8. The molecule has 0 bridgehead atoms. The Balaban J connectivity index is 0. The maximum Gasteiger partial charge on any atom is 0.0681 e. The van der Waals surface area contributed by atoms with Crippen molar-refractivity contribution in [2.24, 2.45) is 0 Å². The molecule has 1 rings (SSSR count). The lowest BCUT2D eigenvalue weighted by Gasteiger charge is -1.89. The molecule has 0 aliphatic heterocycles. The third-order valence-electron chi connectivity index (χ3n) is 1.03. The van der Waals surface area contributed by atoms with Gasteiger partial charge in [0.15, 0.2) is 0 Å². The Hall–Kier alpha value is -0.860. The van der Waals surface area contributed by atoms with Gasteiger partial charge in [0.1, 0.15) is 0 Å². The summed E-state index contributed by atoms with van der Waals surface area (Å²) in [6.07, 6.45) is 0. The van der Waals surface area contributed by atoms with E-state index >= 15 is 0 Å². The highest BCUT2D eigenvalue weighted by molar-refractivity contribution is 5.12. The number of hydrogen-bond acceptors (Lipinski definition) is 1. The molecular weight excluding hydrogens is 140 g/mol. The predicted octanol–water partition coefficient (Wildman–Crippen LogP) is 2.03. The quantitative estimate of drug-likeness (QED) is 0.640. The van der Waals surface area contributed by atoms with Crippen molar-refractivity contribution in [1.29, 1.82) is 0 Å². The Bertz CT molecular complexity index is 149. The summed E-state index contributed by atoms with van der Waals surface area (Å²) in [5, 5.41) is 8.54. The highest BCUT2D eigenvalue weighted by Gasteiger charge is 1.81. The molecule has 2 N–H and O–H groups in total. The van der Waals surface area contributed by atoms with Gasteiger partial charge < -0.3 is 5.11 Å². The van der Waals surface area contributed by atoms with Crippen LogP contribution in [0.4, 0.5) is 0 Å². The number of aliphatic hydroxyl groups excluding tert-OH is 1. The molecule has 0 unspecified atom stereocenters. The molecule has 0 aliphatic rings. The number of aliphatic hydroxyl groups is 1. The number of benzene rings is 1. The van der Waals surface area contributed by atoms with Gasteiger partial charge in [-0.3, -0.25) is 5.48 Å². The predicted molar refractivity (Wildman–Crippen MR) is 45.6 cm³/mol. The summed E-state index contributed by atoms with van der Waals surface area (Å²) in [6.45, 7) is 4.14. The van der Waals surface area contributed by atoms with Crippen molar-refractivity contribution >= 4 is 0 Å². The molecule has 0 amide bonds. The van der Waals surface area contributed by atoms with Gasteiger partial charge in [-0.05, 0) is 5.56 Å². The van der Waals surface area contributed by atoms with Crippen molar-refractivity contribution in [2.45, 2.75) is 20.5 Å². The van der Waals surface area contributed by atoms with Gasteiger partial charge >= 0.3 is 0 Å². The lowest BCUT2D eigenvalue weighted by atomic mass is 10.2. The third kappa shape index (κ3) is 5.58. The Kier molecular flexibility index (Phi) is 10.6. The average molecular weight is 155 g/mol. The molecule has 2 nitrogen and oxygen atoms in total. The fourth-order valence-corrected chi connectivity index (χ4v) is 0.583. The van der Waals surface area contributed by atoms with Crippen LogP contribution in [-0.4, -0.2) is 10.6 Å². The second-order valence-electron chi connectivity index (χ2n) is 1.64.